The molecule has 0 aromatic carbocycles. The number of halogens is 1. The monoisotopic (exact) mass is 212 g/mol. The summed E-state index contributed by atoms with van der Waals surface area (Å²) in [5.41, 5.74) is -0.924. The van der Waals surface area contributed by atoms with Crippen molar-refractivity contribution in [2.45, 2.75) is 6.42 Å². The molecular formula is C8H17ClO4. The lowest BCUT2D eigenvalue weighted by Crippen LogP contribution is -2.38. The summed E-state index contributed by atoms with van der Waals surface area (Å²) < 4.78 is 5.15. The van der Waals surface area contributed by atoms with Crippen LogP contribution in [-0.4, -0.2) is 54.2 Å². The van der Waals surface area contributed by atoms with Crippen molar-refractivity contribution in [1.29, 1.82) is 0 Å². The first kappa shape index (κ1) is 13.1. The fourth-order valence-corrected chi connectivity index (χ4v) is 0.841. The minimum absolute atomic E-state index is 0.146. The quantitative estimate of drug-likeness (QED) is 0.378. The van der Waals surface area contributed by atoms with Crippen LogP contribution >= 0.6 is 11.6 Å². The van der Waals surface area contributed by atoms with Crippen molar-refractivity contribution >= 4 is 11.6 Å². The van der Waals surface area contributed by atoms with Crippen molar-refractivity contribution in [2.75, 3.05) is 38.9 Å². The van der Waals surface area contributed by atoms with E-state index in [0.29, 0.717) is 12.5 Å². The van der Waals surface area contributed by atoms with Crippen molar-refractivity contribution in [1.82, 2.24) is 0 Å². The average Bonchev–Trinajstić information content (AvgIpc) is 2.20. The molecule has 0 fully saturated rings. The highest BCUT2D eigenvalue weighted by Crippen LogP contribution is 2.14. The summed E-state index contributed by atoms with van der Waals surface area (Å²) in [6, 6.07) is 0. The predicted octanol–water partition coefficient (Wildman–Crippen LogP) is -0.405. The molecule has 0 radical (unpaired) electrons. The Labute approximate surface area is 83.1 Å². The Balaban J connectivity index is 3.68. The average molecular weight is 213 g/mol. The molecular weight excluding hydrogens is 196 g/mol. The second-order valence-electron chi connectivity index (χ2n) is 3.07. The van der Waals surface area contributed by atoms with Gasteiger partial charge in [0.1, 0.15) is 0 Å². The van der Waals surface area contributed by atoms with Crippen LogP contribution in [0.4, 0.5) is 0 Å². The van der Waals surface area contributed by atoms with Gasteiger partial charge in [-0.05, 0) is 6.42 Å². The summed E-state index contributed by atoms with van der Waals surface area (Å²) in [5, 5.41) is 26.7. The molecule has 0 aromatic rings. The normalized spacial score (nSPS) is 12.0. The molecule has 0 bridgehead atoms. The maximum atomic E-state index is 8.91. The first-order valence-corrected chi connectivity index (χ1v) is 4.74. The maximum absolute atomic E-state index is 8.91. The molecule has 80 valence electrons. The van der Waals surface area contributed by atoms with E-state index in [9.17, 15) is 0 Å². The minimum atomic E-state index is -0.924. The summed E-state index contributed by atoms with van der Waals surface area (Å²) in [5.74, 6) is 0.518. The number of hydrogen-bond acceptors (Lipinski definition) is 4. The largest absolute Gasteiger partial charge is 0.396 e. The molecule has 0 aliphatic heterocycles. The van der Waals surface area contributed by atoms with Gasteiger partial charge in [-0.15, -0.1) is 11.6 Å². The Morgan fingerprint density at radius 3 is 2.00 bits per heavy atom. The Hall–Kier alpha value is 0.130. The number of ether oxygens (including phenoxy) is 1. The van der Waals surface area contributed by atoms with Crippen LogP contribution in [0.5, 0.6) is 0 Å². The van der Waals surface area contributed by atoms with Crippen molar-refractivity contribution in [3.05, 3.63) is 0 Å². The molecule has 0 rings (SSSR count). The Kier molecular flexibility index (Phi) is 7.60. The molecule has 4 nitrogen and oxygen atoms in total. The van der Waals surface area contributed by atoms with E-state index in [1.54, 1.807) is 0 Å². The molecule has 0 saturated carbocycles. The highest BCUT2D eigenvalue weighted by Gasteiger charge is 2.28. The first-order valence-electron chi connectivity index (χ1n) is 4.21. The molecule has 0 atom stereocenters. The summed E-state index contributed by atoms with van der Waals surface area (Å²) >= 11 is 5.43. The third-order valence-corrected chi connectivity index (χ3v) is 2.10. The van der Waals surface area contributed by atoms with Crippen LogP contribution in [0.2, 0.25) is 0 Å². The third-order valence-electron chi connectivity index (χ3n) is 1.84. The van der Waals surface area contributed by atoms with Crippen LogP contribution in [0.3, 0.4) is 0 Å². The Bertz CT molecular complexity index is 108. The number of alkyl halides is 1. The SMILES string of the molecule is OCC(CO)(CO)COCCCCl. The van der Waals surface area contributed by atoms with Gasteiger partial charge in [-0.1, -0.05) is 0 Å². The lowest BCUT2D eigenvalue weighted by Gasteiger charge is -2.26. The van der Waals surface area contributed by atoms with Gasteiger partial charge >= 0.3 is 0 Å². The van der Waals surface area contributed by atoms with Crippen molar-refractivity contribution in [3.8, 4) is 0 Å². The number of aliphatic hydroxyl groups excluding tert-OH is 3. The van der Waals surface area contributed by atoms with E-state index < -0.39 is 5.41 Å². The van der Waals surface area contributed by atoms with Gasteiger partial charge < -0.3 is 20.1 Å². The standard InChI is InChI=1S/C8H17ClO4/c9-2-1-3-13-7-8(4-10,5-11)6-12/h10-12H,1-7H2. The third kappa shape index (κ3) is 4.78. The van der Waals surface area contributed by atoms with Crippen LogP contribution in [0.25, 0.3) is 0 Å². The van der Waals surface area contributed by atoms with Crippen LogP contribution in [0, 0.1) is 5.41 Å². The van der Waals surface area contributed by atoms with E-state index in [2.05, 4.69) is 0 Å². The van der Waals surface area contributed by atoms with Crippen LogP contribution < -0.4 is 0 Å². The molecule has 0 aliphatic rings. The minimum Gasteiger partial charge on any atom is -0.396 e. The van der Waals surface area contributed by atoms with Crippen LogP contribution in [-0.2, 0) is 4.74 Å². The van der Waals surface area contributed by atoms with Crippen molar-refractivity contribution in [2.24, 2.45) is 5.41 Å². The molecule has 0 heterocycles. The smallest absolute Gasteiger partial charge is 0.0629 e. The molecule has 0 saturated heterocycles. The highest BCUT2D eigenvalue weighted by atomic mass is 35.5. The summed E-state index contributed by atoms with van der Waals surface area (Å²) in [7, 11) is 0. The van der Waals surface area contributed by atoms with E-state index in [-0.39, 0.29) is 26.4 Å². The zero-order valence-electron chi connectivity index (χ0n) is 7.58. The second-order valence-corrected chi connectivity index (χ2v) is 3.45. The van der Waals surface area contributed by atoms with E-state index in [1.807, 2.05) is 0 Å². The van der Waals surface area contributed by atoms with Crippen molar-refractivity contribution in [3.63, 3.8) is 0 Å². The van der Waals surface area contributed by atoms with Gasteiger partial charge in [0.2, 0.25) is 0 Å². The number of rotatable bonds is 8. The topological polar surface area (TPSA) is 69.9 Å². The number of aliphatic hydroxyl groups is 3. The van der Waals surface area contributed by atoms with Gasteiger partial charge in [0.05, 0.1) is 31.8 Å². The van der Waals surface area contributed by atoms with Crippen LogP contribution in [0.15, 0.2) is 0 Å². The molecule has 0 amide bonds. The zero-order chi connectivity index (χ0) is 10.2. The molecule has 13 heavy (non-hydrogen) atoms. The Morgan fingerprint density at radius 2 is 1.62 bits per heavy atom. The zero-order valence-corrected chi connectivity index (χ0v) is 8.33. The van der Waals surface area contributed by atoms with Gasteiger partial charge in [0.25, 0.3) is 0 Å². The summed E-state index contributed by atoms with van der Waals surface area (Å²) in [6.45, 7) is -0.249. The van der Waals surface area contributed by atoms with E-state index in [4.69, 9.17) is 31.7 Å². The molecule has 0 spiro atoms. The van der Waals surface area contributed by atoms with Gasteiger partial charge in [0, 0.05) is 12.5 Å². The first-order chi connectivity index (χ1) is 6.24. The molecule has 3 N–H and O–H groups in total. The summed E-state index contributed by atoms with van der Waals surface area (Å²) in [6.07, 6.45) is 0.722. The summed E-state index contributed by atoms with van der Waals surface area (Å²) in [4.78, 5) is 0. The van der Waals surface area contributed by atoms with E-state index in [0.717, 1.165) is 6.42 Å². The number of hydrogen-bond donors (Lipinski definition) is 3. The molecule has 5 heteroatoms. The fourth-order valence-electron chi connectivity index (χ4n) is 0.732. The predicted molar refractivity (Wildman–Crippen MR) is 49.8 cm³/mol. The second kappa shape index (κ2) is 7.53. The fraction of sp³-hybridized carbons (Fsp3) is 1.00. The van der Waals surface area contributed by atoms with Crippen LogP contribution in [0.1, 0.15) is 6.42 Å². The maximum Gasteiger partial charge on any atom is 0.0629 e. The molecule has 0 unspecified atom stereocenters. The van der Waals surface area contributed by atoms with Gasteiger partial charge in [-0.2, -0.15) is 0 Å². The van der Waals surface area contributed by atoms with E-state index in [1.165, 1.54) is 0 Å². The molecule has 0 aliphatic carbocycles. The van der Waals surface area contributed by atoms with Crippen molar-refractivity contribution < 1.29 is 20.1 Å². The van der Waals surface area contributed by atoms with E-state index >= 15 is 0 Å². The lowest BCUT2D eigenvalue weighted by molar-refractivity contribution is -0.0574. The van der Waals surface area contributed by atoms with Gasteiger partial charge in [-0.25, -0.2) is 0 Å². The lowest BCUT2D eigenvalue weighted by atomic mass is 9.93. The van der Waals surface area contributed by atoms with Gasteiger partial charge in [-0.3, -0.25) is 0 Å². The van der Waals surface area contributed by atoms with Gasteiger partial charge in [0.15, 0.2) is 0 Å². The highest BCUT2D eigenvalue weighted by molar-refractivity contribution is 6.17. The molecule has 0 aromatic heterocycles. The Morgan fingerprint density at radius 1 is 1.08 bits per heavy atom.